The fourth-order valence-corrected chi connectivity index (χ4v) is 3.99. The predicted molar refractivity (Wildman–Crippen MR) is 126 cm³/mol. The molecule has 0 saturated carbocycles. The number of carbonyl (C=O) groups excluding carboxylic acids is 1. The summed E-state index contributed by atoms with van der Waals surface area (Å²) in [5, 5.41) is 0. The fraction of sp³-hybridized carbons (Fsp3) is 0.519. The molecule has 1 aliphatic rings. The largest absolute Gasteiger partial charge is 0.493 e. The van der Waals surface area contributed by atoms with Crippen molar-refractivity contribution in [1.29, 1.82) is 0 Å². The molecule has 0 fully saturated rings. The summed E-state index contributed by atoms with van der Waals surface area (Å²) in [6.07, 6.45) is 3.10. The lowest BCUT2D eigenvalue weighted by atomic mass is 9.89. The van der Waals surface area contributed by atoms with Gasteiger partial charge in [-0.3, -0.25) is 0 Å². The lowest BCUT2D eigenvalue weighted by molar-refractivity contribution is -0.164. The van der Waals surface area contributed by atoms with Crippen molar-refractivity contribution < 1.29 is 23.7 Å². The van der Waals surface area contributed by atoms with Gasteiger partial charge in [0.15, 0.2) is 6.10 Å². The van der Waals surface area contributed by atoms with Crippen LogP contribution >= 0.6 is 0 Å². The van der Waals surface area contributed by atoms with Crippen molar-refractivity contribution in [3.8, 4) is 22.6 Å². The average Bonchev–Trinajstić information content (AvgIpc) is 2.77. The van der Waals surface area contributed by atoms with Crippen molar-refractivity contribution in [3.63, 3.8) is 0 Å². The van der Waals surface area contributed by atoms with Crippen molar-refractivity contribution in [2.24, 2.45) is 0 Å². The topological polar surface area (TPSA) is 54.0 Å². The van der Waals surface area contributed by atoms with Crippen molar-refractivity contribution in [2.75, 3.05) is 20.3 Å². The minimum Gasteiger partial charge on any atom is -0.493 e. The molecule has 0 N–H and O–H groups in total. The Kier molecular flexibility index (Phi) is 7.83. The molecule has 5 nitrogen and oxygen atoms in total. The molecule has 2 aromatic rings. The van der Waals surface area contributed by atoms with Crippen LogP contribution in [-0.4, -0.2) is 31.9 Å². The summed E-state index contributed by atoms with van der Waals surface area (Å²) < 4.78 is 23.5. The summed E-state index contributed by atoms with van der Waals surface area (Å²) in [6, 6.07) is 10.2. The monoisotopic (exact) mass is 440 g/mol. The van der Waals surface area contributed by atoms with E-state index in [-0.39, 0.29) is 0 Å². The molecule has 1 aliphatic heterocycles. The first-order valence-corrected chi connectivity index (χ1v) is 11.5. The molecule has 1 unspecified atom stereocenters. The Hall–Kier alpha value is -2.53. The standard InChI is InChI=1S/C27H36O5/c1-7-8-15-31-22-13-11-18(2)23(25(26(28)29-6)32-27(3,4)5)24(22)20-12-14-21-19(17-20)10-9-16-30-21/h11-14,17,25H,7-10,15-16H2,1-6H3. The normalized spacial score (nSPS) is 14.3. The Labute approximate surface area is 192 Å². The number of benzene rings is 2. The zero-order chi connectivity index (χ0) is 23.3. The third-order valence-corrected chi connectivity index (χ3v) is 5.53. The highest BCUT2D eigenvalue weighted by molar-refractivity contribution is 5.85. The van der Waals surface area contributed by atoms with Gasteiger partial charge >= 0.3 is 5.97 Å². The zero-order valence-electron chi connectivity index (χ0n) is 20.2. The van der Waals surface area contributed by atoms with Gasteiger partial charge in [-0.1, -0.05) is 25.5 Å². The molecular formula is C27H36O5. The molecule has 174 valence electrons. The molecule has 0 saturated heterocycles. The zero-order valence-corrected chi connectivity index (χ0v) is 20.2. The van der Waals surface area contributed by atoms with Gasteiger partial charge in [-0.15, -0.1) is 0 Å². The number of fused-ring (bicyclic) bond motifs is 1. The highest BCUT2D eigenvalue weighted by Crippen LogP contribution is 2.43. The number of hydrogen-bond donors (Lipinski definition) is 0. The van der Waals surface area contributed by atoms with E-state index in [2.05, 4.69) is 13.0 Å². The van der Waals surface area contributed by atoms with E-state index in [0.29, 0.717) is 6.61 Å². The van der Waals surface area contributed by atoms with Gasteiger partial charge in [0.05, 0.1) is 25.9 Å². The smallest absolute Gasteiger partial charge is 0.339 e. The van der Waals surface area contributed by atoms with E-state index in [4.69, 9.17) is 18.9 Å². The number of hydrogen-bond acceptors (Lipinski definition) is 5. The number of ether oxygens (including phenoxy) is 4. The fourth-order valence-electron chi connectivity index (χ4n) is 3.99. The summed E-state index contributed by atoms with van der Waals surface area (Å²) in [5.41, 5.74) is 4.26. The molecule has 0 aliphatic carbocycles. The van der Waals surface area contributed by atoms with E-state index in [1.807, 2.05) is 52.0 Å². The average molecular weight is 441 g/mol. The van der Waals surface area contributed by atoms with Gasteiger partial charge in [0.1, 0.15) is 11.5 Å². The quantitative estimate of drug-likeness (QED) is 0.362. The Bertz CT molecular complexity index is 942. The number of esters is 1. The molecule has 3 rings (SSSR count). The number of unbranched alkanes of at least 4 members (excludes halogenated alkanes) is 1. The highest BCUT2D eigenvalue weighted by Gasteiger charge is 2.33. The van der Waals surface area contributed by atoms with Crippen LogP contribution in [0.15, 0.2) is 30.3 Å². The van der Waals surface area contributed by atoms with Gasteiger partial charge in [-0.05, 0) is 81.8 Å². The van der Waals surface area contributed by atoms with Gasteiger partial charge in [0.25, 0.3) is 0 Å². The Balaban J connectivity index is 2.21. The van der Waals surface area contributed by atoms with E-state index in [9.17, 15) is 4.79 Å². The van der Waals surface area contributed by atoms with Crippen LogP contribution < -0.4 is 9.47 Å². The second-order valence-corrected chi connectivity index (χ2v) is 9.28. The van der Waals surface area contributed by atoms with Crippen molar-refractivity contribution in [1.82, 2.24) is 0 Å². The molecule has 5 heteroatoms. The SMILES string of the molecule is CCCCOc1ccc(C)c(C(OC(C)(C)C)C(=O)OC)c1-c1ccc2c(c1)CCCO2. The molecule has 2 aromatic carbocycles. The molecule has 32 heavy (non-hydrogen) atoms. The van der Waals surface area contributed by atoms with Crippen LogP contribution in [0.4, 0.5) is 0 Å². The molecule has 0 spiro atoms. The van der Waals surface area contributed by atoms with Crippen molar-refractivity contribution in [2.45, 2.75) is 72.0 Å². The summed E-state index contributed by atoms with van der Waals surface area (Å²) in [7, 11) is 1.40. The van der Waals surface area contributed by atoms with Crippen LogP contribution in [0.25, 0.3) is 11.1 Å². The molecule has 1 heterocycles. The Morgan fingerprint density at radius 3 is 2.66 bits per heavy atom. The summed E-state index contributed by atoms with van der Waals surface area (Å²) in [6.45, 7) is 11.3. The minimum atomic E-state index is -0.864. The van der Waals surface area contributed by atoms with Crippen molar-refractivity contribution >= 4 is 5.97 Å². The van der Waals surface area contributed by atoms with E-state index >= 15 is 0 Å². The van der Waals surface area contributed by atoms with E-state index in [1.165, 1.54) is 12.7 Å². The number of carbonyl (C=O) groups is 1. The predicted octanol–water partition coefficient (Wildman–Crippen LogP) is 6.20. The Morgan fingerprint density at radius 1 is 1.19 bits per heavy atom. The van der Waals surface area contributed by atoms with Gasteiger partial charge < -0.3 is 18.9 Å². The molecule has 0 radical (unpaired) electrons. The maximum atomic E-state index is 12.9. The molecule has 1 atom stereocenters. The maximum absolute atomic E-state index is 12.9. The number of aryl methyl sites for hydroxylation is 2. The van der Waals surface area contributed by atoms with Gasteiger partial charge in [0.2, 0.25) is 0 Å². The summed E-state index contributed by atoms with van der Waals surface area (Å²) in [5.74, 6) is 1.26. The first-order chi connectivity index (χ1) is 15.2. The van der Waals surface area contributed by atoms with Crippen molar-refractivity contribution in [3.05, 3.63) is 47.0 Å². The molecule has 0 aromatic heterocycles. The maximum Gasteiger partial charge on any atom is 0.339 e. The van der Waals surface area contributed by atoms with Gasteiger partial charge in [-0.25, -0.2) is 4.79 Å². The first-order valence-electron chi connectivity index (χ1n) is 11.5. The summed E-state index contributed by atoms with van der Waals surface area (Å²) in [4.78, 5) is 12.9. The minimum absolute atomic E-state index is 0.420. The molecule has 0 bridgehead atoms. The first kappa shape index (κ1) is 24.1. The lowest BCUT2D eigenvalue weighted by Crippen LogP contribution is -2.29. The number of methoxy groups -OCH3 is 1. The second kappa shape index (κ2) is 10.4. The van der Waals surface area contributed by atoms with Crippen LogP contribution in [0.1, 0.15) is 69.8 Å². The van der Waals surface area contributed by atoms with E-state index < -0.39 is 17.7 Å². The van der Waals surface area contributed by atoms with Gasteiger partial charge in [0, 0.05) is 11.1 Å². The van der Waals surface area contributed by atoms with Crippen LogP contribution in [-0.2, 0) is 20.7 Å². The Morgan fingerprint density at radius 2 is 1.97 bits per heavy atom. The third kappa shape index (κ3) is 5.63. The van der Waals surface area contributed by atoms with Crippen LogP contribution in [0, 0.1) is 6.92 Å². The van der Waals surface area contributed by atoms with Crippen LogP contribution in [0.3, 0.4) is 0 Å². The van der Waals surface area contributed by atoms with Gasteiger partial charge in [-0.2, -0.15) is 0 Å². The second-order valence-electron chi connectivity index (χ2n) is 9.28. The third-order valence-electron chi connectivity index (χ3n) is 5.53. The lowest BCUT2D eigenvalue weighted by Gasteiger charge is -2.29. The van der Waals surface area contributed by atoms with E-state index in [0.717, 1.165) is 66.0 Å². The molecule has 0 amide bonds. The van der Waals surface area contributed by atoms with Crippen LogP contribution in [0.5, 0.6) is 11.5 Å². The van der Waals surface area contributed by atoms with Crippen LogP contribution in [0.2, 0.25) is 0 Å². The molecular weight excluding hydrogens is 404 g/mol. The summed E-state index contributed by atoms with van der Waals surface area (Å²) >= 11 is 0. The van der Waals surface area contributed by atoms with E-state index in [1.54, 1.807) is 0 Å². The number of rotatable bonds is 8. The highest BCUT2D eigenvalue weighted by atomic mass is 16.6.